The molecule has 0 spiro atoms. The molecule has 100 valence electrons. The second kappa shape index (κ2) is 6.11. The summed E-state index contributed by atoms with van der Waals surface area (Å²) in [6.07, 6.45) is 0. The van der Waals surface area contributed by atoms with E-state index in [1.54, 1.807) is 19.0 Å². The lowest BCUT2D eigenvalue weighted by atomic mass is 10.3. The number of carbonyl (C=O) groups excluding carboxylic acids is 1. The average molecular weight is 291 g/mol. The van der Waals surface area contributed by atoms with Crippen LogP contribution in [0.5, 0.6) is 0 Å². The zero-order valence-electron chi connectivity index (χ0n) is 10.6. The predicted molar refractivity (Wildman–Crippen MR) is 75.3 cm³/mol. The van der Waals surface area contributed by atoms with Crippen LogP contribution in [-0.4, -0.2) is 43.0 Å². The fraction of sp³-hybridized carbons (Fsp3) is 0.455. The molecule has 0 aliphatic carbocycles. The van der Waals surface area contributed by atoms with Gasteiger partial charge < -0.3 is 15.5 Å². The van der Waals surface area contributed by atoms with Crippen LogP contribution < -0.4 is 10.6 Å². The molecule has 1 aromatic heterocycles. The van der Waals surface area contributed by atoms with E-state index in [4.69, 9.17) is 28.9 Å². The first-order valence-corrected chi connectivity index (χ1v) is 6.19. The molecule has 7 heteroatoms. The van der Waals surface area contributed by atoms with Gasteiger partial charge in [-0.25, -0.2) is 4.98 Å². The number of amides is 1. The van der Waals surface area contributed by atoms with Crippen LogP contribution >= 0.6 is 23.2 Å². The van der Waals surface area contributed by atoms with Crippen LogP contribution in [0.3, 0.4) is 0 Å². The van der Waals surface area contributed by atoms with Crippen LogP contribution in [0, 0.1) is 0 Å². The van der Waals surface area contributed by atoms with Crippen molar-refractivity contribution in [2.75, 3.05) is 37.8 Å². The van der Waals surface area contributed by atoms with Gasteiger partial charge in [0, 0.05) is 20.6 Å². The van der Waals surface area contributed by atoms with Gasteiger partial charge in [0.15, 0.2) is 0 Å². The SMILES string of the molecule is CCN(CC(=O)N(C)C)c1nc(N)c(Cl)cc1Cl. The van der Waals surface area contributed by atoms with E-state index < -0.39 is 0 Å². The Hall–Kier alpha value is -1.20. The minimum Gasteiger partial charge on any atom is -0.382 e. The molecule has 0 bridgehead atoms. The van der Waals surface area contributed by atoms with Crippen molar-refractivity contribution in [3.63, 3.8) is 0 Å². The average Bonchev–Trinajstić information content (AvgIpc) is 2.30. The Labute approximate surface area is 116 Å². The summed E-state index contributed by atoms with van der Waals surface area (Å²) < 4.78 is 0. The highest BCUT2D eigenvalue weighted by Crippen LogP contribution is 2.29. The number of carbonyl (C=O) groups is 1. The van der Waals surface area contributed by atoms with Crippen LogP contribution in [0.15, 0.2) is 6.07 Å². The summed E-state index contributed by atoms with van der Waals surface area (Å²) >= 11 is 11.9. The Bertz CT molecular complexity index is 451. The highest BCUT2D eigenvalue weighted by Gasteiger charge is 2.17. The summed E-state index contributed by atoms with van der Waals surface area (Å²) in [5.74, 6) is 0.631. The molecule has 0 aliphatic rings. The van der Waals surface area contributed by atoms with Gasteiger partial charge in [-0.1, -0.05) is 23.2 Å². The third kappa shape index (κ3) is 3.40. The number of likely N-dealkylation sites (N-methyl/N-ethyl adjacent to an activating group) is 2. The Morgan fingerprint density at radius 1 is 1.39 bits per heavy atom. The van der Waals surface area contributed by atoms with Gasteiger partial charge >= 0.3 is 0 Å². The molecule has 18 heavy (non-hydrogen) atoms. The number of pyridine rings is 1. The molecule has 0 atom stereocenters. The van der Waals surface area contributed by atoms with Gasteiger partial charge in [-0.15, -0.1) is 0 Å². The number of nitrogen functional groups attached to an aromatic ring is 1. The van der Waals surface area contributed by atoms with E-state index in [2.05, 4.69) is 4.98 Å². The van der Waals surface area contributed by atoms with Gasteiger partial charge in [-0.2, -0.15) is 0 Å². The van der Waals surface area contributed by atoms with Crippen molar-refractivity contribution < 1.29 is 4.79 Å². The predicted octanol–water partition coefficient (Wildman–Crippen LogP) is 1.89. The molecule has 1 heterocycles. The first-order chi connectivity index (χ1) is 8.36. The van der Waals surface area contributed by atoms with E-state index in [9.17, 15) is 4.79 Å². The molecule has 0 aromatic carbocycles. The maximum Gasteiger partial charge on any atom is 0.241 e. The van der Waals surface area contributed by atoms with Crippen LogP contribution in [-0.2, 0) is 4.79 Å². The standard InChI is InChI=1S/C11H16Cl2N4O/c1-4-17(6-9(18)16(2)3)11-8(13)5-7(12)10(14)15-11/h5H,4,6H2,1-3H3,(H2,14,15). The summed E-state index contributed by atoms with van der Waals surface area (Å²) in [4.78, 5) is 19.1. The summed E-state index contributed by atoms with van der Waals surface area (Å²) in [5, 5.41) is 0.682. The van der Waals surface area contributed by atoms with Crippen LogP contribution in [0.4, 0.5) is 11.6 Å². The minimum atomic E-state index is -0.0387. The lowest BCUT2D eigenvalue weighted by Crippen LogP contribution is -2.37. The van der Waals surface area contributed by atoms with Gasteiger partial charge in [0.05, 0.1) is 16.6 Å². The summed E-state index contributed by atoms with van der Waals surface area (Å²) in [7, 11) is 3.39. The highest BCUT2D eigenvalue weighted by molar-refractivity contribution is 6.37. The molecular weight excluding hydrogens is 275 g/mol. The number of hydrogen-bond donors (Lipinski definition) is 1. The molecule has 0 saturated carbocycles. The number of anilines is 2. The second-order valence-corrected chi connectivity index (χ2v) is 4.78. The Kier molecular flexibility index (Phi) is 5.04. The van der Waals surface area contributed by atoms with E-state index in [0.29, 0.717) is 22.4 Å². The van der Waals surface area contributed by atoms with Gasteiger partial charge in [0.2, 0.25) is 5.91 Å². The van der Waals surface area contributed by atoms with Crippen molar-refractivity contribution in [3.8, 4) is 0 Å². The molecule has 5 nitrogen and oxygen atoms in total. The minimum absolute atomic E-state index is 0.0387. The monoisotopic (exact) mass is 290 g/mol. The first-order valence-electron chi connectivity index (χ1n) is 5.43. The number of aromatic nitrogens is 1. The third-order valence-electron chi connectivity index (χ3n) is 2.44. The van der Waals surface area contributed by atoms with E-state index in [-0.39, 0.29) is 18.3 Å². The van der Waals surface area contributed by atoms with Gasteiger partial charge in [-0.05, 0) is 13.0 Å². The number of rotatable bonds is 4. The molecule has 0 unspecified atom stereocenters. The Morgan fingerprint density at radius 3 is 2.50 bits per heavy atom. The summed E-state index contributed by atoms with van der Waals surface area (Å²) in [5.41, 5.74) is 5.65. The fourth-order valence-corrected chi connectivity index (χ4v) is 1.81. The molecule has 0 fully saturated rings. The Balaban J connectivity index is 3.02. The quantitative estimate of drug-likeness (QED) is 0.920. The third-order valence-corrected chi connectivity index (χ3v) is 3.03. The van der Waals surface area contributed by atoms with Crippen molar-refractivity contribution in [3.05, 3.63) is 16.1 Å². The molecule has 0 radical (unpaired) electrons. The maximum atomic E-state index is 11.7. The van der Waals surface area contributed by atoms with E-state index in [0.717, 1.165) is 0 Å². The van der Waals surface area contributed by atoms with Crippen molar-refractivity contribution in [2.45, 2.75) is 6.92 Å². The first kappa shape index (κ1) is 14.9. The van der Waals surface area contributed by atoms with Crippen molar-refractivity contribution in [2.24, 2.45) is 0 Å². The second-order valence-electron chi connectivity index (χ2n) is 3.96. The molecule has 1 amide bonds. The molecule has 2 N–H and O–H groups in total. The van der Waals surface area contributed by atoms with E-state index in [1.807, 2.05) is 6.92 Å². The Morgan fingerprint density at radius 2 is 2.00 bits per heavy atom. The molecule has 1 aromatic rings. The zero-order chi connectivity index (χ0) is 13.9. The van der Waals surface area contributed by atoms with Crippen molar-refractivity contribution >= 4 is 40.7 Å². The van der Waals surface area contributed by atoms with Gasteiger partial charge in [0.1, 0.15) is 11.6 Å². The molecule has 0 aliphatic heterocycles. The summed E-state index contributed by atoms with van der Waals surface area (Å²) in [6, 6.07) is 1.53. The molecule has 1 rings (SSSR count). The van der Waals surface area contributed by atoms with Gasteiger partial charge in [-0.3, -0.25) is 4.79 Å². The zero-order valence-corrected chi connectivity index (χ0v) is 12.1. The largest absolute Gasteiger partial charge is 0.382 e. The van der Waals surface area contributed by atoms with Crippen LogP contribution in [0.2, 0.25) is 10.0 Å². The molecular formula is C11H16Cl2N4O. The van der Waals surface area contributed by atoms with Crippen molar-refractivity contribution in [1.82, 2.24) is 9.88 Å². The lowest BCUT2D eigenvalue weighted by Gasteiger charge is -2.24. The smallest absolute Gasteiger partial charge is 0.241 e. The topological polar surface area (TPSA) is 62.5 Å². The number of halogens is 2. The maximum absolute atomic E-state index is 11.7. The van der Waals surface area contributed by atoms with Crippen LogP contribution in [0.1, 0.15) is 6.92 Å². The van der Waals surface area contributed by atoms with E-state index in [1.165, 1.54) is 11.0 Å². The number of hydrogen-bond acceptors (Lipinski definition) is 4. The fourth-order valence-electron chi connectivity index (χ4n) is 1.33. The number of nitrogens with two attached hydrogens (primary N) is 1. The number of nitrogens with zero attached hydrogens (tertiary/aromatic N) is 3. The van der Waals surface area contributed by atoms with Crippen molar-refractivity contribution in [1.29, 1.82) is 0 Å². The highest BCUT2D eigenvalue weighted by atomic mass is 35.5. The molecule has 0 saturated heterocycles. The normalized spacial score (nSPS) is 10.3. The van der Waals surface area contributed by atoms with Gasteiger partial charge in [0.25, 0.3) is 0 Å². The lowest BCUT2D eigenvalue weighted by molar-refractivity contribution is -0.127. The van der Waals surface area contributed by atoms with Crippen LogP contribution in [0.25, 0.3) is 0 Å². The summed E-state index contributed by atoms with van der Waals surface area (Å²) in [6.45, 7) is 2.69. The van der Waals surface area contributed by atoms with E-state index >= 15 is 0 Å².